The molecule has 0 bridgehead atoms. The van der Waals surface area contributed by atoms with Gasteiger partial charge in [-0.3, -0.25) is 10.5 Å². The van der Waals surface area contributed by atoms with Gasteiger partial charge in [-0.05, 0) is 17.7 Å². The number of nitrogens with two attached hydrogens (primary N) is 1. The number of nitrogens with one attached hydrogen (secondary N) is 2. The predicted molar refractivity (Wildman–Crippen MR) is 76.7 cm³/mol. The molecule has 0 amide bonds. The van der Waals surface area contributed by atoms with Crippen LogP contribution in [0.1, 0.15) is 5.56 Å². The zero-order chi connectivity index (χ0) is 14.7. The van der Waals surface area contributed by atoms with Gasteiger partial charge in [0.15, 0.2) is 5.65 Å². The Morgan fingerprint density at radius 1 is 1.33 bits per heavy atom. The number of ether oxygens (including phenoxy) is 2. The number of nitrogens with zero attached hydrogens (tertiary/aromatic N) is 3. The number of nitrogen functional groups attached to an aromatic ring is 1. The van der Waals surface area contributed by atoms with E-state index >= 15 is 0 Å². The van der Waals surface area contributed by atoms with Gasteiger partial charge in [0.1, 0.15) is 11.1 Å². The zero-order valence-electron chi connectivity index (χ0n) is 11.3. The molecule has 4 N–H and O–H groups in total. The molecular weight excluding hydrogens is 272 g/mol. The van der Waals surface area contributed by atoms with Crippen molar-refractivity contribution in [2.45, 2.75) is 6.61 Å². The van der Waals surface area contributed by atoms with Gasteiger partial charge in [-0.25, -0.2) is 5.84 Å². The fraction of sp³-hybridized carbons (Fsp3) is 0.154. The van der Waals surface area contributed by atoms with E-state index in [-0.39, 0.29) is 5.95 Å². The number of hydrogen-bond donors (Lipinski definition) is 3. The standard InChI is InChI=1S/C13H14N6O2/c1-20-7-8-3-2-4-9(5-8)21-12-10-6-15-19-11(10)16-13(17-12)18-14/h2-6H,7,14H2,1H3,(H2,15,16,17,18,19). The van der Waals surface area contributed by atoms with Crippen LogP contribution in [0.3, 0.4) is 0 Å². The molecule has 0 saturated heterocycles. The van der Waals surface area contributed by atoms with Crippen LogP contribution in [0.4, 0.5) is 5.95 Å². The molecule has 0 saturated carbocycles. The molecule has 0 aliphatic heterocycles. The van der Waals surface area contributed by atoms with Crippen LogP contribution in [-0.4, -0.2) is 27.3 Å². The number of aromatic nitrogens is 4. The molecule has 3 aromatic rings. The molecule has 0 radical (unpaired) electrons. The van der Waals surface area contributed by atoms with Gasteiger partial charge in [0.05, 0.1) is 12.8 Å². The van der Waals surface area contributed by atoms with Crippen LogP contribution in [0.25, 0.3) is 11.0 Å². The first-order valence-electron chi connectivity index (χ1n) is 6.23. The second-order valence-corrected chi connectivity index (χ2v) is 4.31. The molecule has 3 rings (SSSR count). The highest BCUT2D eigenvalue weighted by molar-refractivity contribution is 5.80. The lowest BCUT2D eigenvalue weighted by Crippen LogP contribution is -2.10. The van der Waals surface area contributed by atoms with Crippen molar-refractivity contribution in [3.63, 3.8) is 0 Å². The summed E-state index contributed by atoms with van der Waals surface area (Å²) in [6, 6.07) is 7.56. The van der Waals surface area contributed by atoms with Crippen molar-refractivity contribution in [1.29, 1.82) is 0 Å². The lowest BCUT2D eigenvalue weighted by Gasteiger charge is -2.08. The van der Waals surface area contributed by atoms with Gasteiger partial charge in [-0.15, -0.1) is 0 Å². The normalized spacial score (nSPS) is 10.8. The Bertz CT molecular complexity index is 757. The first-order valence-corrected chi connectivity index (χ1v) is 6.23. The van der Waals surface area contributed by atoms with E-state index in [9.17, 15) is 0 Å². The van der Waals surface area contributed by atoms with Crippen molar-refractivity contribution >= 4 is 17.0 Å². The minimum absolute atomic E-state index is 0.245. The number of anilines is 1. The summed E-state index contributed by atoms with van der Waals surface area (Å²) in [5.41, 5.74) is 3.94. The number of hydrazine groups is 1. The molecule has 0 spiro atoms. The lowest BCUT2D eigenvalue weighted by molar-refractivity contribution is 0.184. The molecule has 108 valence electrons. The second-order valence-electron chi connectivity index (χ2n) is 4.31. The van der Waals surface area contributed by atoms with E-state index in [1.54, 1.807) is 13.3 Å². The van der Waals surface area contributed by atoms with Gasteiger partial charge in [-0.1, -0.05) is 12.1 Å². The number of benzene rings is 1. The van der Waals surface area contributed by atoms with Gasteiger partial charge in [0.2, 0.25) is 11.8 Å². The van der Waals surface area contributed by atoms with Crippen molar-refractivity contribution in [3.05, 3.63) is 36.0 Å². The van der Waals surface area contributed by atoms with E-state index < -0.39 is 0 Å². The molecule has 8 nitrogen and oxygen atoms in total. The third-order valence-electron chi connectivity index (χ3n) is 2.83. The molecule has 0 atom stereocenters. The van der Waals surface area contributed by atoms with Gasteiger partial charge >= 0.3 is 0 Å². The molecule has 2 aromatic heterocycles. The summed E-state index contributed by atoms with van der Waals surface area (Å²) in [7, 11) is 1.64. The van der Waals surface area contributed by atoms with Crippen LogP contribution >= 0.6 is 0 Å². The van der Waals surface area contributed by atoms with Gasteiger partial charge in [0, 0.05) is 7.11 Å². The van der Waals surface area contributed by atoms with Crippen LogP contribution < -0.4 is 16.0 Å². The number of H-pyrrole nitrogens is 1. The summed E-state index contributed by atoms with van der Waals surface area (Å²) in [5.74, 6) is 6.62. The first-order chi connectivity index (χ1) is 10.3. The molecular formula is C13H14N6O2. The average Bonchev–Trinajstić information content (AvgIpc) is 2.96. The van der Waals surface area contributed by atoms with E-state index in [1.807, 2.05) is 24.3 Å². The van der Waals surface area contributed by atoms with Gasteiger partial charge < -0.3 is 9.47 Å². The third-order valence-corrected chi connectivity index (χ3v) is 2.83. The minimum Gasteiger partial charge on any atom is -0.438 e. The highest BCUT2D eigenvalue weighted by Crippen LogP contribution is 2.27. The average molecular weight is 286 g/mol. The second kappa shape index (κ2) is 5.73. The fourth-order valence-corrected chi connectivity index (χ4v) is 1.93. The van der Waals surface area contributed by atoms with Crippen molar-refractivity contribution in [1.82, 2.24) is 20.2 Å². The fourth-order valence-electron chi connectivity index (χ4n) is 1.93. The smallest absolute Gasteiger partial charge is 0.242 e. The highest BCUT2D eigenvalue weighted by atomic mass is 16.5. The summed E-state index contributed by atoms with van der Waals surface area (Å²) in [6.07, 6.45) is 1.60. The van der Waals surface area contributed by atoms with Crippen molar-refractivity contribution in [3.8, 4) is 11.6 Å². The zero-order valence-corrected chi connectivity index (χ0v) is 11.3. The molecule has 21 heavy (non-hydrogen) atoms. The van der Waals surface area contributed by atoms with Crippen LogP contribution in [0, 0.1) is 0 Å². The Kier molecular flexibility index (Phi) is 3.63. The summed E-state index contributed by atoms with van der Waals surface area (Å²) < 4.78 is 10.9. The molecule has 0 unspecified atom stereocenters. The molecule has 1 aromatic carbocycles. The molecule has 0 aliphatic carbocycles. The van der Waals surface area contributed by atoms with Crippen LogP contribution in [-0.2, 0) is 11.3 Å². The Morgan fingerprint density at radius 2 is 2.24 bits per heavy atom. The van der Waals surface area contributed by atoms with E-state index in [0.717, 1.165) is 5.56 Å². The van der Waals surface area contributed by atoms with E-state index in [2.05, 4.69) is 25.6 Å². The Balaban J connectivity index is 1.97. The summed E-state index contributed by atoms with van der Waals surface area (Å²) >= 11 is 0. The maximum absolute atomic E-state index is 5.82. The number of aromatic amines is 1. The van der Waals surface area contributed by atoms with E-state index in [1.165, 1.54) is 0 Å². The summed E-state index contributed by atoms with van der Waals surface area (Å²) in [5, 5.41) is 7.36. The van der Waals surface area contributed by atoms with E-state index in [4.69, 9.17) is 15.3 Å². The van der Waals surface area contributed by atoms with Gasteiger partial charge in [0.25, 0.3) is 0 Å². The van der Waals surface area contributed by atoms with Crippen molar-refractivity contribution < 1.29 is 9.47 Å². The van der Waals surface area contributed by atoms with E-state index in [0.29, 0.717) is 29.3 Å². The van der Waals surface area contributed by atoms with Crippen molar-refractivity contribution in [2.24, 2.45) is 5.84 Å². The number of fused-ring (bicyclic) bond motifs is 1. The number of methoxy groups -OCH3 is 1. The lowest BCUT2D eigenvalue weighted by atomic mass is 10.2. The quantitative estimate of drug-likeness (QED) is 0.482. The summed E-state index contributed by atoms with van der Waals surface area (Å²) in [6.45, 7) is 0.512. The first kappa shape index (κ1) is 13.3. The van der Waals surface area contributed by atoms with Crippen LogP contribution in [0.15, 0.2) is 30.5 Å². The topological polar surface area (TPSA) is 111 Å². The van der Waals surface area contributed by atoms with Crippen LogP contribution in [0.5, 0.6) is 11.6 Å². The predicted octanol–water partition coefficient (Wildman–Crippen LogP) is 1.58. The maximum atomic E-state index is 5.82. The maximum Gasteiger partial charge on any atom is 0.242 e. The SMILES string of the molecule is COCc1cccc(Oc2nc(NN)nc3[nH]ncc23)c1. The third kappa shape index (κ3) is 2.76. The Labute approximate surface area is 120 Å². The number of rotatable bonds is 5. The molecule has 8 heteroatoms. The monoisotopic (exact) mass is 286 g/mol. The summed E-state index contributed by atoms with van der Waals surface area (Å²) in [4.78, 5) is 8.34. The van der Waals surface area contributed by atoms with Gasteiger partial charge in [-0.2, -0.15) is 15.1 Å². The number of hydrogen-bond acceptors (Lipinski definition) is 7. The highest BCUT2D eigenvalue weighted by Gasteiger charge is 2.11. The van der Waals surface area contributed by atoms with Crippen LogP contribution in [0.2, 0.25) is 0 Å². The molecule has 0 fully saturated rings. The molecule has 2 heterocycles. The Morgan fingerprint density at radius 3 is 3.05 bits per heavy atom. The molecule has 0 aliphatic rings. The minimum atomic E-state index is 0.245. The van der Waals surface area contributed by atoms with Crippen molar-refractivity contribution in [2.75, 3.05) is 12.5 Å². The largest absolute Gasteiger partial charge is 0.438 e. The Hall–Kier alpha value is -2.71.